The molecule has 1 aliphatic rings. The van der Waals surface area contributed by atoms with Crippen molar-refractivity contribution in [2.24, 2.45) is 5.92 Å². The Kier molecular flexibility index (Phi) is 5.47. The summed E-state index contributed by atoms with van der Waals surface area (Å²) in [5.74, 6) is -0.818. The van der Waals surface area contributed by atoms with Crippen LogP contribution in [0, 0.1) is 5.92 Å². The third-order valence-corrected chi connectivity index (χ3v) is 5.18. The van der Waals surface area contributed by atoms with Crippen LogP contribution in [0.3, 0.4) is 0 Å². The highest BCUT2D eigenvalue weighted by atomic mass is 16.4. The molecular weight excluding hydrogens is 326 g/mol. The van der Waals surface area contributed by atoms with Gasteiger partial charge in [0.15, 0.2) is 0 Å². The van der Waals surface area contributed by atoms with Crippen molar-refractivity contribution in [1.29, 1.82) is 0 Å². The van der Waals surface area contributed by atoms with Crippen LogP contribution in [0.5, 0.6) is 0 Å². The number of carboxylic acid groups (broad SMARTS) is 1. The minimum absolute atomic E-state index is 0.0298. The Morgan fingerprint density at radius 1 is 1.19 bits per heavy atom. The Morgan fingerprint density at radius 3 is 2.42 bits per heavy atom. The zero-order chi connectivity index (χ0) is 18.7. The first-order valence-corrected chi connectivity index (χ1v) is 9.45. The normalized spacial score (nSPS) is 20.9. The largest absolute Gasteiger partial charge is 0.481 e. The van der Waals surface area contributed by atoms with Crippen LogP contribution < -0.4 is 5.32 Å². The van der Waals surface area contributed by atoms with Gasteiger partial charge >= 0.3 is 5.97 Å². The van der Waals surface area contributed by atoms with Crippen molar-refractivity contribution in [2.45, 2.75) is 64.5 Å². The number of rotatable bonds is 5. The van der Waals surface area contributed by atoms with Crippen LogP contribution in [0.4, 0.5) is 0 Å². The molecule has 2 aromatic rings. The molecule has 0 bridgehead atoms. The zero-order valence-electron chi connectivity index (χ0n) is 15.9. The fourth-order valence-electron chi connectivity index (χ4n) is 3.68. The van der Waals surface area contributed by atoms with Gasteiger partial charge in [-0.15, -0.1) is 0 Å². The number of para-hydroxylation sites is 1. The van der Waals surface area contributed by atoms with Gasteiger partial charge in [0.05, 0.1) is 17.3 Å². The molecule has 3 rings (SSSR count). The highest BCUT2D eigenvalue weighted by Gasteiger charge is 2.27. The molecule has 1 aromatic carbocycles. The number of benzene rings is 1. The van der Waals surface area contributed by atoms with Crippen LogP contribution in [0.25, 0.3) is 5.69 Å². The van der Waals surface area contributed by atoms with Crippen molar-refractivity contribution in [2.75, 3.05) is 0 Å². The summed E-state index contributed by atoms with van der Waals surface area (Å²) in [7, 11) is 0. The molecule has 0 spiro atoms. The fourth-order valence-corrected chi connectivity index (χ4v) is 3.68. The molecule has 0 aliphatic heterocycles. The molecule has 1 saturated carbocycles. The smallest absolute Gasteiger partial charge is 0.306 e. The summed E-state index contributed by atoms with van der Waals surface area (Å²) in [6, 6.07) is 10.6. The quantitative estimate of drug-likeness (QED) is 0.853. The van der Waals surface area contributed by atoms with Gasteiger partial charge in [0.1, 0.15) is 0 Å². The van der Waals surface area contributed by atoms with E-state index in [4.69, 9.17) is 10.2 Å². The highest BCUT2D eigenvalue weighted by molar-refractivity contribution is 5.70. The van der Waals surface area contributed by atoms with E-state index < -0.39 is 5.97 Å². The molecule has 0 saturated heterocycles. The number of carboxylic acids is 1. The van der Waals surface area contributed by atoms with Crippen LogP contribution in [0.15, 0.2) is 36.5 Å². The maximum atomic E-state index is 11.1. The molecule has 0 amide bonds. The first-order valence-electron chi connectivity index (χ1n) is 9.45. The molecule has 2 N–H and O–H groups in total. The number of hydrogen-bond acceptors (Lipinski definition) is 3. The lowest BCUT2D eigenvalue weighted by atomic mass is 9.86. The Labute approximate surface area is 155 Å². The van der Waals surface area contributed by atoms with Crippen molar-refractivity contribution >= 4 is 5.97 Å². The number of aromatic nitrogens is 2. The van der Waals surface area contributed by atoms with Crippen molar-refractivity contribution in [1.82, 2.24) is 15.1 Å². The lowest BCUT2D eigenvalue weighted by Gasteiger charge is -2.27. The van der Waals surface area contributed by atoms with E-state index in [1.807, 2.05) is 22.9 Å². The summed E-state index contributed by atoms with van der Waals surface area (Å²) < 4.78 is 1.96. The van der Waals surface area contributed by atoms with Crippen molar-refractivity contribution in [3.8, 4) is 5.69 Å². The average molecular weight is 355 g/mol. The van der Waals surface area contributed by atoms with E-state index in [1.165, 1.54) is 5.56 Å². The number of hydrogen-bond donors (Lipinski definition) is 2. The molecule has 1 aromatic heterocycles. The molecule has 1 aliphatic carbocycles. The van der Waals surface area contributed by atoms with Gasteiger partial charge in [-0.2, -0.15) is 5.10 Å². The zero-order valence-corrected chi connectivity index (χ0v) is 15.9. The molecule has 5 nitrogen and oxygen atoms in total. The molecule has 140 valence electrons. The lowest BCUT2D eigenvalue weighted by molar-refractivity contribution is -0.142. The Morgan fingerprint density at radius 2 is 1.85 bits per heavy atom. The molecular formula is C21H29N3O2. The Balaban J connectivity index is 1.71. The average Bonchev–Trinajstić information content (AvgIpc) is 3.06. The number of nitrogens with one attached hydrogen (secondary N) is 1. The third-order valence-electron chi connectivity index (χ3n) is 5.18. The van der Waals surface area contributed by atoms with E-state index in [1.54, 1.807) is 0 Å². The van der Waals surface area contributed by atoms with Gasteiger partial charge in [0, 0.05) is 29.8 Å². The van der Waals surface area contributed by atoms with E-state index in [0.717, 1.165) is 43.6 Å². The molecule has 0 radical (unpaired) electrons. The van der Waals surface area contributed by atoms with E-state index in [9.17, 15) is 4.79 Å². The van der Waals surface area contributed by atoms with E-state index in [2.05, 4.69) is 44.4 Å². The van der Waals surface area contributed by atoms with Gasteiger partial charge in [-0.25, -0.2) is 4.68 Å². The molecule has 26 heavy (non-hydrogen) atoms. The number of aliphatic carboxylic acids is 1. The molecule has 5 heteroatoms. The van der Waals surface area contributed by atoms with Gasteiger partial charge in [0.25, 0.3) is 0 Å². The highest BCUT2D eigenvalue weighted by Crippen LogP contribution is 2.27. The van der Waals surface area contributed by atoms with E-state index in [-0.39, 0.29) is 11.3 Å². The van der Waals surface area contributed by atoms with Crippen LogP contribution >= 0.6 is 0 Å². The van der Waals surface area contributed by atoms with Crippen molar-refractivity contribution in [3.63, 3.8) is 0 Å². The maximum absolute atomic E-state index is 11.1. The summed E-state index contributed by atoms with van der Waals surface area (Å²) in [6.45, 7) is 7.33. The second-order valence-electron chi connectivity index (χ2n) is 8.30. The van der Waals surface area contributed by atoms with Crippen LogP contribution in [-0.2, 0) is 16.8 Å². The Bertz CT molecular complexity index is 738. The van der Waals surface area contributed by atoms with Crippen molar-refractivity contribution in [3.05, 3.63) is 47.8 Å². The molecule has 1 fully saturated rings. The van der Waals surface area contributed by atoms with Crippen LogP contribution in [-0.4, -0.2) is 26.9 Å². The summed E-state index contributed by atoms with van der Waals surface area (Å²) >= 11 is 0. The molecule has 0 atom stereocenters. The van der Waals surface area contributed by atoms with Crippen molar-refractivity contribution < 1.29 is 9.90 Å². The second-order valence-corrected chi connectivity index (χ2v) is 8.30. The molecule has 0 unspecified atom stereocenters. The third kappa shape index (κ3) is 4.33. The van der Waals surface area contributed by atoms with Gasteiger partial charge < -0.3 is 10.4 Å². The number of nitrogens with zero attached hydrogens (tertiary/aromatic N) is 2. The first kappa shape index (κ1) is 18.6. The standard InChI is InChI=1S/C21H29N3O2/c1-21(2,3)19-16(14-24(23-19)18-7-5-4-6-8-18)13-22-17-11-9-15(10-12-17)20(25)26/h4-8,14-15,17,22H,9-13H2,1-3H3,(H,25,26). The summed E-state index contributed by atoms with van der Waals surface area (Å²) in [5, 5.41) is 17.6. The predicted molar refractivity (Wildman–Crippen MR) is 102 cm³/mol. The van der Waals surface area contributed by atoms with E-state index in [0.29, 0.717) is 6.04 Å². The topological polar surface area (TPSA) is 67.2 Å². The monoisotopic (exact) mass is 355 g/mol. The fraction of sp³-hybridized carbons (Fsp3) is 0.524. The molecule has 1 heterocycles. The maximum Gasteiger partial charge on any atom is 0.306 e. The van der Waals surface area contributed by atoms with Crippen LogP contribution in [0.2, 0.25) is 0 Å². The minimum Gasteiger partial charge on any atom is -0.481 e. The van der Waals surface area contributed by atoms with E-state index >= 15 is 0 Å². The number of carbonyl (C=O) groups is 1. The van der Waals surface area contributed by atoms with Gasteiger partial charge in [0.2, 0.25) is 0 Å². The van der Waals surface area contributed by atoms with Crippen LogP contribution in [0.1, 0.15) is 57.7 Å². The minimum atomic E-state index is -0.650. The first-order chi connectivity index (χ1) is 12.3. The van der Waals surface area contributed by atoms with Gasteiger partial charge in [-0.3, -0.25) is 4.79 Å². The summed E-state index contributed by atoms with van der Waals surface area (Å²) in [4.78, 5) is 11.1. The Hall–Kier alpha value is -2.14. The second kappa shape index (κ2) is 7.62. The lowest BCUT2D eigenvalue weighted by Crippen LogP contribution is -2.35. The van der Waals surface area contributed by atoms with Gasteiger partial charge in [-0.05, 0) is 37.8 Å². The summed E-state index contributed by atoms with van der Waals surface area (Å²) in [6.07, 6.45) is 5.50. The summed E-state index contributed by atoms with van der Waals surface area (Å²) in [5.41, 5.74) is 3.35. The van der Waals surface area contributed by atoms with Gasteiger partial charge in [-0.1, -0.05) is 39.0 Å². The SMILES string of the molecule is CC(C)(C)c1nn(-c2ccccc2)cc1CNC1CCC(C(=O)O)CC1. The predicted octanol–water partition coefficient (Wildman–Crippen LogP) is 3.90.